The van der Waals surface area contributed by atoms with E-state index in [0.717, 1.165) is 11.3 Å². The van der Waals surface area contributed by atoms with Crippen molar-refractivity contribution in [2.24, 2.45) is 5.16 Å². The van der Waals surface area contributed by atoms with Crippen molar-refractivity contribution < 1.29 is 41.7 Å². The van der Waals surface area contributed by atoms with Crippen molar-refractivity contribution in [1.29, 1.82) is 0 Å². The van der Waals surface area contributed by atoms with Crippen LogP contribution in [-0.2, 0) is 33.9 Å². The number of nitrogens with zero attached hydrogens (tertiary/aromatic N) is 3. The van der Waals surface area contributed by atoms with Gasteiger partial charge in [0.05, 0.1) is 5.54 Å². The Morgan fingerprint density at radius 3 is 2.62 bits per heavy atom. The first kappa shape index (κ1) is 22.4. The fourth-order valence-corrected chi connectivity index (χ4v) is 3.21. The van der Waals surface area contributed by atoms with Gasteiger partial charge in [0, 0.05) is 5.38 Å². The summed E-state index contributed by atoms with van der Waals surface area (Å²) in [5.74, 6) is -2.86. The van der Waals surface area contributed by atoms with Gasteiger partial charge in [-0.05, 0) is 13.8 Å². The number of hydrogen-bond donors (Lipinski definition) is 5. The summed E-state index contributed by atoms with van der Waals surface area (Å²) < 4.78 is 34.6. The minimum atomic E-state index is -4.95. The van der Waals surface area contributed by atoms with Gasteiger partial charge in [-0.1, -0.05) is 5.16 Å². The van der Waals surface area contributed by atoms with Gasteiger partial charge in [-0.2, -0.15) is 13.5 Å². The summed E-state index contributed by atoms with van der Waals surface area (Å²) in [7, 11) is -4.95. The van der Waals surface area contributed by atoms with Crippen molar-refractivity contribution in [1.82, 2.24) is 20.8 Å². The molecular weight excluding hydrogens is 436 g/mol. The van der Waals surface area contributed by atoms with Gasteiger partial charge in [0.1, 0.15) is 11.7 Å². The van der Waals surface area contributed by atoms with Gasteiger partial charge < -0.3 is 15.9 Å². The third kappa shape index (κ3) is 5.15. The van der Waals surface area contributed by atoms with Gasteiger partial charge in [0.15, 0.2) is 17.5 Å². The van der Waals surface area contributed by atoms with E-state index in [1.54, 1.807) is 0 Å². The molecular formula is C12H16N6O9S2. The molecule has 1 atom stereocenters. The number of nitrogen functional groups attached to an aromatic ring is 1. The zero-order chi connectivity index (χ0) is 22.0. The highest BCUT2D eigenvalue weighted by Gasteiger charge is 2.58. The number of nitrogens with two attached hydrogens (primary N) is 1. The van der Waals surface area contributed by atoms with Gasteiger partial charge in [-0.3, -0.25) is 24.1 Å². The standard InChI is InChI=1S/C12H16N6O9S2/c1-12(2)8(10(21)18(12)27-29(23,24)25)15-9(20)7(5-4-28-11(13)14-5)17-26-3-6(19)16-22/h4,8,22H,3H2,1-2H3,(H2,13,14)(H,15,20)(H,16,19)(H,23,24,25)/b17-7-. The first-order valence-corrected chi connectivity index (χ1v) is 9.77. The fraction of sp³-hybridized carbons (Fsp3) is 0.417. The third-order valence-corrected chi connectivity index (χ3v) is 4.59. The number of rotatable bonds is 8. The highest BCUT2D eigenvalue weighted by atomic mass is 32.3. The topological polar surface area (TPSA) is 223 Å². The molecule has 3 amide bonds. The van der Waals surface area contributed by atoms with Crippen LogP contribution in [0.1, 0.15) is 19.5 Å². The van der Waals surface area contributed by atoms with Crippen LogP contribution in [0.15, 0.2) is 10.5 Å². The molecule has 0 bridgehead atoms. The number of amides is 3. The van der Waals surface area contributed by atoms with E-state index < -0.39 is 52.0 Å². The molecule has 6 N–H and O–H groups in total. The summed E-state index contributed by atoms with van der Waals surface area (Å²) in [6, 6.07) is -1.25. The van der Waals surface area contributed by atoms with Crippen LogP contribution in [0.3, 0.4) is 0 Å². The molecule has 1 aromatic rings. The van der Waals surface area contributed by atoms with Crippen molar-refractivity contribution >= 4 is 50.3 Å². The maximum Gasteiger partial charge on any atom is 0.418 e. The van der Waals surface area contributed by atoms with Crippen molar-refractivity contribution in [3.05, 3.63) is 11.1 Å². The number of hydroxylamine groups is 3. The van der Waals surface area contributed by atoms with Gasteiger partial charge in [0.25, 0.3) is 17.7 Å². The van der Waals surface area contributed by atoms with E-state index in [0.29, 0.717) is 5.06 Å². The molecule has 17 heteroatoms. The number of oxime groups is 1. The highest BCUT2D eigenvalue weighted by Crippen LogP contribution is 2.32. The molecule has 0 aliphatic carbocycles. The molecule has 0 radical (unpaired) electrons. The highest BCUT2D eigenvalue weighted by molar-refractivity contribution is 7.80. The number of β-lactam (4-membered cyclic amide) rings is 1. The Bertz CT molecular complexity index is 957. The molecule has 1 saturated heterocycles. The maximum absolute atomic E-state index is 12.6. The second-order valence-electron chi connectivity index (χ2n) is 6.01. The average Bonchev–Trinajstić information content (AvgIpc) is 3.05. The van der Waals surface area contributed by atoms with E-state index in [4.69, 9.17) is 15.5 Å². The Hall–Kier alpha value is -2.86. The van der Waals surface area contributed by atoms with Crippen LogP contribution >= 0.6 is 11.3 Å². The fourth-order valence-electron chi connectivity index (χ4n) is 2.21. The predicted octanol–water partition coefficient (Wildman–Crippen LogP) is -2.21. The van der Waals surface area contributed by atoms with Crippen molar-refractivity contribution in [2.45, 2.75) is 25.4 Å². The molecule has 0 aromatic carbocycles. The zero-order valence-corrected chi connectivity index (χ0v) is 16.5. The number of anilines is 1. The maximum atomic E-state index is 12.6. The number of carbonyl (C=O) groups is 3. The van der Waals surface area contributed by atoms with E-state index in [1.165, 1.54) is 24.7 Å². The van der Waals surface area contributed by atoms with Crippen LogP contribution in [0, 0.1) is 0 Å². The lowest BCUT2D eigenvalue weighted by Gasteiger charge is -2.50. The van der Waals surface area contributed by atoms with Gasteiger partial charge in [0.2, 0.25) is 0 Å². The predicted molar refractivity (Wildman–Crippen MR) is 94.4 cm³/mol. The Morgan fingerprint density at radius 1 is 1.48 bits per heavy atom. The van der Waals surface area contributed by atoms with Crippen molar-refractivity contribution in [3.63, 3.8) is 0 Å². The molecule has 2 heterocycles. The molecule has 1 fully saturated rings. The van der Waals surface area contributed by atoms with E-state index in [1.807, 2.05) is 0 Å². The Kier molecular flexibility index (Phi) is 6.38. The summed E-state index contributed by atoms with van der Waals surface area (Å²) in [5.41, 5.74) is 5.00. The van der Waals surface area contributed by atoms with Crippen LogP contribution < -0.4 is 16.5 Å². The summed E-state index contributed by atoms with van der Waals surface area (Å²) in [6.45, 7) is 2.01. The molecule has 1 aliphatic rings. The van der Waals surface area contributed by atoms with Crippen LogP contribution in [0.25, 0.3) is 0 Å². The molecule has 160 valence electrons. The normalized spacial score (nSPS) is 18.8. The quantitative estimate of drug-likeness (QED) is 0.0934. The molecule has 1 aliphatic heterocycles. The Labute approximate surface area is 167 Å². The number of nitrogens with one attached hydrogen (secondary N) is 2. The van der Waals surface area contributed by atoms with Crippen molar-refractivity contribution in [2.75, 3.05) is 12.3 Å². The molecule has 2 rings (SSSR count). The lowest BCUT2D eigenvalue weighted by Crippen LogP contribution is -2.76. The SMILES string of the molecule is CC1(C)C(NC(=O)/C(=N\OCC(=O)NO)c2csc(N)n2)C(=O)N1OS(=O)(=O)O. The molecule has 0 spiro atoms. The average molecular weight is 452 g/mol. The zero-order valence-electron chi connectivity index (χ0n) is 14.8. The summed E-state index contributed by atoms with van der Waals surface area (Å²) in [5, 5.41) is 16.1. The second-order valence-corrected chi connectivity index (χ2v) is 7.91. The minimum absolute atomic E-state index is 0.0231. The van der Waals surface area contributed by atoms with Gasteiger partial charge in [-0.25, -0.2) is 10.5 Å². The molecule has 1 aromatic heterocycles. The van der Waals surface area contributed by atoms with E-state index in [-0.39, 0.29) is 10.8 Å². The Balaban J connectivity index is 2.18. The monoisotopic (exact) mass is 452 g/mol. The number of carbonyl (C=O) groups excluding carboxylic acids is 3. The van der Waals surface area contributed by atoms with Crippen LogP contribution in [0.5, 0.6) is 0 Å². The molecule has 1 unspecified atom stereocenters. The van der Waals surface area contributed by atoms with E-state index in [2.05, 4.69) is 24.6 Å². The van der Waals surface area contributed by atoms with Crippen LogP contribution in [0.2, 0.25) is 0 Å². The lowest BCUT2D eigenvalue weighted by molar-refractivity contribution is -0.218. The number of hydrogen-bond acceptors (Lipinski definition) is 12. The van der Waals surface area contributed by atoms with Crippen molar-refractivity contribution in [3.8, 4) is 0 Å². The van der Waals surface area contributed by atoms with Gasteiger partial charge >= 0.3 is 10.4 Å². The third-order valence-electron chi connectivity index (χ3n) is 3.58. The smallest absolute Gasteiger partial charge is 0.385 e. The first-order chi connectivity index (χ1) is 13.4. The Morgan fingerprint density at radius 2 is 2.14 bits per heavy atom. The number of aromatic nitrogens is 1. The minimum Gasteiger partial charge on any atom is -0.385 e. The second kappa shape index (κ2) is 8.25. The summed E-state index contributed by atoms with van der Waals surface area (Å²) >= 11 is 0.981. The molecule has 29 heavy (non-hydrogen) atoms. The number of thiazole rings is 1. The largest absolute Gasteiger partial charge is 0.418 e. The van der Waals surface area contributed by atoms with E-state index >= 15 is 0 Å². The van der Waals surface area contributed by atoms with E-state index in [9.17, 15) is 22.8 Å². The lowest BCUT2D eigenvalue weighted by atomic mass is 9.84. The molecule has 0 saturated carbocycles. The summed E-state index contributed by atoms with van der Waals surface area (Å²) in [6.07, 6.45) is 0. The molecule has 15 nitrogen and oxygen atoms in total. The summed E-state index contributed by atoms with van der Waals surface area (Å²) in [4.78, 5) is 44.3. The first-order valence-electron chi connectivity index (χ1n) is 7.53. The van der Waals surface area contributed by atoms with Crippen LogP contribution in [-0.4, -0.2) is 69.8 Å². The van der Waals surface area contributed by atoms with Gasteiger partial charge in [-0.15, -0.1) is 15.6 Å². The van der Waals surface area contributed by atoms with Crippen LogP contribution in [0.4, 0.5) is 5.13 Å².